The maximum absolute atomic E-state index is 12.3. The number of carboxylic acids is 1. The zero-order chi connectivity index (χ0) is 14.8. The second-order valence-electron chi connectivity index (χ2n) is 3.97. The Morgan fingerprint density at radius 3 is 2.37 bits per heavy atom. The molecule has 0 spiro atoms. The maximum atomic E-state index is 12.3. The molecule has 1 aromatic rings. The Bertz CT molecular complexity index is 524. The standard InChI is InChI=1S/C12H13Cl3O3S/c1-3-6-19(18)10-7(2)8(11(16)17)4-5-9(10)12(13,14)15/h4-5H,3,6H2,1-2H3,(H,16,17)/t19-/m1/s1. The van der Waals surface area contributed by atoms with Crippen molar-refractivity contribution in [2.75, 3.05) is 5.75 Å². The van der Waals surface area contributed by atoms with Crippen LogP contribution in [-0.2, 0) is 14.6 Å². The van der Waals surface area contributed by atoms with Crippen molar-refractivity contribution < 1.29 is 14.1 Å². The monoisotopic (exact) mass is 342 g/mol. The van der Waals surface area contributed by atoms with E-state index in [9.17, 15) is 9.00 Å². The molecule has 0 bridgehead atoms. The number of carbonyl (C=O) groups is 1. The molecule has 0 aliphatic rings. The first-order chi connectivity index (χ1) is 8.70. The Morgan fingerprint density at radius 2 is 1.95 bits per heavy atom. The molecule has 0 saturated heterocycles. The highest BCUT2D eigenvalue weighted by molar-refractivity contribution is 7.85. The molecule has 7 heteroatoms. The van der Waals surface area contributed by atoms with E-state index in [1.165, 1.54) is 12.1 Å². The van der Waals surface area contributed by atoms with Gasteiger partial charge in [-0.05, 0) is 25.0 Å². The van der Waals surface area contributed by atoms with Gasteiger partial charge in [0.2, 0.25) is 3.79 Å². The van der Waals surface area contributed by atoms with Crippen molar-refractivity contribution in [1.82, 2.24) is 0 Å². The first-order valence-electron chi connectivity index (χ1n) is 5.52. The van der Waals surface area contributed by atoms with Gasteiger partial charge in [0.1, 0.15) is 0 Å². The number of aromatic carboxylic acids is 1. The van der Waals surface area contributed by atoms with Crippen molar-refractivity contribution in [1.29, 1.82) is 0 Å². The number of halogens is 3. The Hall–Kier alpha value is -0.290. The smallest absolute Gasteiger partial charge is 0.335 e. The lowest BCUT2D eigenvalue weighted by atomic mass is 10.1. The van der Waals surface area contributed by atoms with Crippen LogP contribution in [0.3, 0.4) is 0 Å². The van der Waals surface area contributed by atoms with Gasteiger partial charge in [-0.15, -0.1) is 0 Å². The van der Waals surface area contributed by atoms with Gasteiger partial charge in [0, 0.05) is 11.3 Å². The lowest BCUT2D eigenvalue weighted by Crippen LogP contribution is -2.13. The number of alkyl halides is 3. The van der Waals surface area contributed by atoms with E-state index in [0.29, 0.717) is 22.6 Å². The van der Waals surface area contributed by atoms with Crippen LogP contribution in [0.4, 0.5) is 0 Å². The van der Waals surface area contributed by atoms with Gasteiger partial charge >= 0.3 is 5.97 Å². The molecule has 0 heterocycles. The normalized spacial score (nSPS) is 13.3. The summed E-state index contributed by atoms with van der Waals surface area (Å²) < 4.78 is 10.5. The second kappa shape index (κ2) is 6.44. The summed E-state index contributed by atoms with van der Waals surface area (Å²) in [7, 11) is -1.40. The van der Waals surface area contributed by atoms with Crippen molar-refractivity contribution >= 4 is 51.6 Å². The molecule has 0 unspecified atom stereocenters. The average molecular weight is 344 g/mol. The van der Waals surface area contributed by atoms with Gasteiger partial charge < -0.3 is 5.11 Å². The van der Waals surface area contributed by atoms with Gasteiger partial charge in [0.05, 0.1) is 21.3 Å². The highest BCUT2D eigenvalue weighted by Gasteiger charge is 2.30. The van der Waals surface area contributed by atoms with E-state index in [2.05, 4.69) is 0 Å². The van der Waals surface area contributed by atoms with E-state index in [0.717, 1.165) is 0 Å². The summed E-state index contributed by atoms with van der Waals surface area (Å²) in [5, 5.41) is 9.10. The van der Waals surface area contributed by atoms with Crippen LogP contribution in [0, 0.1) is 6.92 Å². The van der Waals surface area contributed by atoms with Crippen LogP contribution in [0.15, 0.2) is 17.0 Å². The minimum absolute atomic E-state index is 0.0671. The topological polar surface area (TPSA) is 54.4 Å². The van der Waals surface area contributed by atoms with Crippen LogP contribution in [0.5, 0.6) is 0 Å². The first kappa shape index (κ1) is 16.8. The zero-order valence-corrected chi connectivity index (χ0v) is 13.5. The Labute approximate surface area is 129 Å². The number of rotatable bonds is 4. The summed E-state index contributed by atoms with van der Waals surface area (Å²) in [6.07, 6.45) is 0.683. The first-order valence-corrected chi connectivity index (χ1v) is 7.97. The number of benzene rings is 1. The molecule has 1 rings (SSSR count). The lowest BCUT2D eigenvalue weighted by Gasteiger charge is -2.19. The third-order valence-corrected chi connectivity index (χ3v) is 4.93. The molecular weight excluding hydrogens is 331 g/mol. The van der Waals surface area contributed by atoms with E-state index in [4.69, 9.17) is 39.9 Å². The van der Waals surface area contributed by atoms with Crippen molar-refractivity contribution in [3.8, 4) is 0 Å². The minimum Gasteiger partial charge on any atom is -0.478 e. The molecule has 0 aliphatic carbocycles. The predicted octanol–water partition coefficient (Wildman–Crippen LogP) is 4.04. The number of carboxylic acid groups (broad SMARTS) is 1. The fraction of sp³-hybridized carbons (Fsp3) is 0.417. The van der Waals surface area contributed by atoms with Gasteiger partial charge in [0.25, 0.3) is 0 Å². The molecular formula is C12H13Cl3O3S. The van der Waals surface area contributed by atoms with Gasteiger partial charge in [0.15, 0.2) is 0 Å². The van der Waals surface area contributed by atoms with Crippen molar-refractivity contribution in [2.24, 2.45) is 0 Å². The van der Waals surface area contributed by atoms with Crippen LogP contribution in [0.1, 0.15) is 34.8 Å². The van der Waals surface area contributed by atoms with E-state index >= 15 is 0 Å². The van der Waals surface area contributed by atoms with Crippen LogP contribution in [-0.4, -0.2) is 21.0 Å². The largest absolute Gasteiger partial charge is 0.478 e. The predicted molar refractivity (Wildman–Crippen MR) is 78.9 cm³/mol. The van der Waals surface area contributed by atoms with Gasteiger partial charge in [-0.1, -0.05) is 47.8 Å². The summed E-state index contributed by atoms with van der Waals surface area (Å²) in [5.74, 6) is -0.708. The molecule has 0 amide bonds. The van der Waals surface area contributed by atoms with Crippen LogP contribution in [0.25, 0.3) is 0 Å². The molecule has 3 nitrogen and oxygen atoms in total. The molecule has 0 aliphatic heterocycles. The van der Waals surface area contributed by atoms with E-state index < -0.39 is 20.6 Å². The number of hydrogen-bond donors (Lipinski definition) is 1. The zero-order valence-electron chi connectivity index (χ0n) is 10.4. The van der Waals surface area contributed by atoms with Crippen LogP contribution in [0.2, 0.25) is 0 Å². The minimum atomic E-state index is -1.74. The molecule has 0 saturated carbocycles. The van der Waals surface area contributed by atoms with E-state index in [1.54, 1.807) is 6.92 Å². The van der Waals surface area contributed by atoms with Gasteiger partial charge in [-0.25, -0.2) is 4.79 Å². The van der Waals surface area contributed by atoms with E-state index in [-0.39, 0.29) is 11.1 Å². The molecule has 1 atom stereocenters. The molecule has 1 N–H and O–H groups in total. The lowest BCUT2D eigenvalue weighted by molar-refractivity contribution is 0.0696. The Kier molecular flexibility index (Phi) is 5.68. The molecule has 0 radical (unpaired) electrons. The van der Waals surface area contributed by atoms with Crippen molar-refractivity contribution in [3.63, 3.8) is 0 Å². The third-order valence-electron chi connectivity index (χ3n) is 2.56. The summed E-state index contributed by atoms with van der Waals surface area (Å²) >= 11 is 17.6. The third kappa shape index (κ3) is 3.85. The molecule has 0 fully saturated rings. The fourth-order valence-electron chi connectivity index (χ4n) is 1.73. The summed E-state index contributed by atoms with van der Waals surface area (Å²) in [6, 6.07) is 2.77. The van der Waals surface area contributed by atoms with Crippen LogP contribution >= 0.6 is 34.8 Å². The van der Waals surface area contributed by atoms with Crippen LogP contribution < -0.4 is 0 Å². The molecule has 19 heavy (non-hydrogen) atoms. The SMILES string of the molecule is CCC[S@@](=O)c1c(C(Cl)(Cl)Cl)ccc(C(=O)O)c1C. The highest BCUT2D eigenvalue weighted by Crippen LogP contribution is 2.42. The molecule has 106 valence electrons. The Balaban J connectivity index is 3.55. The fourth-order valence-corrected chi connectivity index (χ4v) is 3.86. The molecule has 0 aromatic heterocycles. The molecule has 1 aromatic carbocycles. The summed E-state index contributed by atoms with van der Waals surface area (Å²) in [4.78, 5) is 11.4. The Morgan fingerprint density at radius 1 is 1.37 bits per heavy atom. The highest BCUT2D eigenvalue weighted by atomic mass is 35.6. The van der Waals surface area contributed by atoms with Gasteiger partial charge in [-0.2, -0.15) is 0 Å². The summed E-state index contributed by atoms with van der Waals surface area (Å²) in [5.41, 5.74) is 0.715. The second-order valence-corrected chi connectivity index (χ2v) is 7.76. The summed E-state index contributed by atoms with van der Waals surface area (Å²) in [6.45, 7) is 3.45. The average Bonchev–Trinajstić information content (AvgIpc) is 2.26. The number of hydrogen-bond acceptors (Lipinski definition) is 2. The van der Waals surface area contributed by atoms with E-state index in [1.807, 2.05) is 6.92 Å². The van der Waals surface area contributed by atoms with Gasteiger partial charge in [-0.3, -0.25) is 4.21 Å². The van der Waals surface area contributed by atoms with Crippen molar-refractivity contribution in [2.45, 2.75) is 29.0 Å². The quantitative estimate of drug-likeness (QED) is 0.840. The van der Waals surface area contributed by atoms with Crippen molar-refractivity contribution in [3.05, 3.63) is 28.8 Å². The maximum Gasteiger partial charge on any atom is 0.335 e.